The molecule has 0 bridgehead atoms. The summed E-state index contributed by atoms with van der Waals surface area (Å²) in [6, 6.07) is 14.4. The van der Waals surface area contributed by atoms with E-state index in [0.29, 0.717) is 13.1 Å². The Labute approximate surface area is 161 Å². The molecule has 2 atom stereocenters. The number of anilines is 1. The molecule has 2 aromatic rings. The van der Waals surface area contributed by atoms with Crippen LogP contribution in [0, 0.1) is 3.57 Å². The summed E-state index contributed by atoms with van der Waals surface area (Å²) >= 11 is 2.32. The molecule has 0 saturated carbocycles. The molecular weight excluding hydrogens is 431 g/mol. The predicted molar refractivity (Wildman–Crippen MR) is 105 cm³/mol. The fraction of sp³-hybridized carbons (Fsp3) is 0.368. The van der Waals surface area contributed by atoms with Crippen LogP contribution in [0.15, 0.2) is 42.5 Å². The van der Waals surface area contributed by atoms with E-state index in [9.17, 15) is 4.79 Å². The summed E-state index contributed by atoms with van der Waals surface area (Å²) in [6.45, 7) is 2.68. The Morgan fingerprint density at radius 1 is 1.20 bits per heavy atom. The highest BCUT2D eigenvalue weighted by molar-refractivity contribution is 14.1. The number of benzene rings is 1. The minimum absolute atomic E-state index is 0.137. The number of halogens is 1. The zero-order chi connectivity index (χ0) is 17.8. The van der Waals surface area contributed by atoms with Crippen molar-refractivity contribution in [3.63, 3.8) is 0 Å². The van der Waals surface area contributed by atoms with Crippen molar-refractivity contribution in [2.24, 2.45) is 0 Å². The third kappa shape index (κ3) is 4.49. The van der Waals surface area contributed by atoms with Crippen LogP contribution in [-0.4, -0.2) is 43.4 Å². The number of hydrogen-bond donors (Lipinski definition) is 0. The van der Waals surface area contributed by atoms with Gasteiger partial charge >= 0.3 is 5.97 Å². The molecule has 1 aliphatic heterocycles. The lowest BCUT2D eigenvalue weighted by atomic mass is 10.1. The molecule has 25 heavy (non-hydrogen) atoms. The van der Waals surface area contributed by atoms with Crippen LogP contribution in [0.25, 0.3) is 0 Å². The molecule has 1 aliphatic rings. The maximum absolute atomic E-state index is 11.3. The number of ether oxygens (including phenoxy) is 2. The Balaban J connectivity index is 1.79. The van der Waals surface area contributed by atoms with Gasteiger partial charge in [-0.1, -0.05) is 30.3 Å². The van der Waals surface area contributed by atoms with Crippen LogP contribution in [0.2, 0.25) is 0 Å². The number of carbonyl (C=O) groups is 1. The molecule has 3 rings (SSSR count). The van der Waals surface area contributed by atoms with Crippen molar-refractivity contribution in [3.8, 4) is 0 Å². The van der Waals surface area contributed by atoms with Gasteiger partial charge in [0.15, 0.2) is 0 Å². The SMILES string of the molecule is CO[C@H]1CN(c2ccc(I)c(Cc3ccccc3)n2)C[C@@H]1OC(C)=O. The molecule has 1 saturated heterocycles. The van der Waals surface area contributed by atoms with E-state index in [1.54, 1.807) is 7.11 Å². The molecule has 0 N–H and O–H groups in total. The summed E-state index contributed by atoms with van der Waals surface area (Å²) in [5, 5.41) is 0. The van der Waals surface area contributed by atoms with Gasteiger partial charge in [-0.3, -0.25) is 4.79 Å². The number of pyridine rings is 1. The van der Waals surface area contributed by atoms with Gasteiger partial charge in [0.1, 0.15) is 18.0 Å². The molecule has 2 heterocycles. The highest BCUT2D eigenvalue weighted by Crippen LogP contribution is 2.25. The Morgan fingerprint density at radius 3 is 2.60 bits per heavy atom. The second kappa shape index (κ2) is 8.14. The second-order valence-corrected chi connectivity index (χ2v) is 7.25. The first-order valence-electron chi connectivity index (χ1n) is 8.21. The number of hydrogen-bond acceptors (Lipinski definition) is 5. The van der Waals surface area contributed by atoms with E-state index in [2.05, 4.69) is 45.7 Å². The molecule has 0 aliphatic carbocycles. The second-order valence-electron chi connectivity index (χ2n) is 6.09. The molecule has 0 unspecified atom stereocenters. The van der Waals surface area contributed by atoms with Crippen molar-refractivity contribution in [1.82, 2.24) is 4.98 Å². The van der Waals surface area contributed by atoms with Gasteiger partial charge in [-0.2, -0.15) is 0 Å². The Hall–Kier alpha value is -1.67. The van der Waals surface area contributed by atoms with E-state index >= 15 is 0 Å². The predicted octanol–water partition coefficient (Wildman–Crippen LogP) is 3.04. The van der Waals surface area contributed by atoms with Gasteiger partial charge in [-0.05, 0) is 40.3 Å². The molecule has 0 amide bonds. The smallest absolute Gasteiger partial charge is 0.303 e. The van der Waals surface area contributed by atoms with Gasteiger partial charge in [-0.25, -0.2) is 4.98 Å². The summed E-state index contributed by atoms with van der Waals surface area (Å²) in [6.07, 6.45) is 0.394. The fourth-order valence-corrected chi connectivity index (χ4v) is 3.54. The maximum Gasteiger partial charge on any atom is 0.303 e. The third-order valence-electron chi connectivity index (χ3n) is 4.28. The average Bonchev–Trinajstić information content (AvgIpc) is 3.00. The van der Waals surface area contributed by atoms with Crippen molar-refractivity contribution in [1.29, 1.82) is 0 Å². The van der Waals surface area contributed by atoms with Crippen LogP contribution in [0.3, 0.4) is 0 Å². The number of carbonyl (C=O) groups excluding carboxylic acids is 1. The number of methoxy groups -OCH3 is 1. The Morgan fingerprint density at radius 2 is 1.92 bits per heavy atom. The summed E-state index contributed by atoms with van der Waals surface area (Å²) in [7, 11) is 1.65. The first kappa shape index (κ1) is 18.1. The van der Waals surface area contributed by atoms with E-state index < -0.39 is 0 Å². The third-order valence-corrected chi connectivity index (χ3v) is 5.26. The molecule has 0 spiro atoms. The highest BCUT2D eigenvalue weighted by atomic mass is 127. The van der Waals surface area contributed by atoms with Crippen molar-refractivity contribution in [2.75, 3.05) is 25.1 Å². The number of aromatic nitrogens is 1. The largest absolute Gasteiger partial charge is 0.458 e. The molecule has 1 aromatic carbocycles. The fourth-order valence-electron chi connectivity index (χ4n) is 3.05. The van der Waals surface area contributed by atoms with Gasteiger partial charge < -0.3 is 14.4 Å². The summed E-state index contributed by atoms with van der Waals surface area (Å²) in [5.74, 6) is 0.609. The highest BCUT2D eigenvalue weighted by Gasteiger charge is 2.36. The number of esters is 1. The average molecular weight is 452 g/mol. The lowest BCUT2D eigenvalue weighted by Crippen LogP contribution is -2.30. The van der Waals surface area contributed by atoms with Crippen molar-refractivity contribution < 1.29 is 14.3 Å². The Bertz CT molecular complexity index is 739. The zero-order valence-corrected chi connectivity index (χ0v) is 16.5. The van der Waals surface area contributed by atoms with Crippen LogP contribution in [0.1, 0.15) is 18.2 Å². The van der Waals surface area contributed by atoms with Gasteiger partial charge in [0.25, 0.3) is 0 Å². The van der Waals surface area contributed by atoms with Crippen molar-refractivity contribution in [3.05, 3.63) is 57.3 Å². The first-order valence-corrected chi connectivity index (χ1v) is 9.29. The molecular formula is C19H21IN2O3. The lowest BCUT2D eigenvalue weighted by Gasteiger charge is -2.18. The van der Waals surface area contributed by atoms with Gasteiger partial charge in [0.2, 0.25) is 0 Å². The summed E-state index contributed by atoms with van der Waals surface area (Å²) in [4.78, 5) is 18.3. The van der Waals surface area contributed by atoms with Crippen molar-refractivity contribution >= 4 is 34.4 Å². The zero-order valence-electron chi connectivity index (χ0n) is 14.3. The summed E-state index contributed by atoms with van der Waals surface area (Å²) < 4.78 is 12.0. The van der Waals surface area contributed by atoms with Gasteiger partial charge in [0.05, 0.1) is 12.2 Å². The minimum atomic E-state index is -0.283. The minimum Gasteiger partial charge on any atom is -0.458 e. The van der Waals surface area contributed by atoms with Gasteiger partial charge in [0, 0.05) is 30.6 Å². The van der Waals surface area contributed by atoms with Crippen LogP contribution in [0.4, 0.5) is 5.82 Å². The molecule has 5 nitrogen and oxygen atoms in total. The van der Waals surface area contributed by atoms with E-state index in [-0.39, 0.29) is 18.2 Å². The molecule has 6 heteroatoms. The molecule has 1 aromatic heterocycles. The maximum atomic E-state index is 11.3. The van der Waals surface area contributed by atoms with E-state index in [4.69, 9.17) is 14.5 Å². The van der Waals surface area contributed by atoms with Crippen LogP contribution in [-0.2, 0) is 20.7 Å². The van der Waals surface area contributed by atoms with E-state index in [0.717, 1.165) is 21.5 Å². The molecule has 1 fully saturated rings. The molecule has 0 radical (unpaired) electrons. The van der Waals surface area contributed by atoms with E-state index in [1.165, 1.54) is 12.5 Å². The number of nitrogens with zero attached hydrogens (tertiary/aromatic N) is 2. The molecule has 132 valence electrons. The lowest BCUT2D eigenvalue weighted by molar-refractivity contribution is -0.150. The normalized spacial score (nSPS) is 19.9. The van der Waals surface area contributed by atoms with Crippen LogP contribution >= 0.6 is 22.6 Å². The van der Waals surface area contributed by atoms with Crippen LogP contribution < -0.4 is 4.90 Å². The van der Waals surface area contributed by atoms with Crippen LogP contribution in [0.5, 0.6) is 0 Å². The summed E-state index contributed by atoms with van der Waals surface area (Å²) in [5.41, 5.74) is 2.29. The topological polar surface area (TPSA) is 51.7 Å². The Kier molecular flexibility index (Phi) is 5.90. The first-order chi connectivity index (χ1) is 12.1. The van der Waals surface area contributed by atoms with Crippen molar-refractivity contribution in [2.45, 2.75) is 25.6 Å². The standard InChI is InChI=1S/C19H21IN2O3/c1-13(23)25-18-12-22(11-17(18)24-2)19-9-8-15(20)16(21-19)10-14-6-4-3-5-7-14/h3-9,17-18H,10-12H2,1-2H3/t17-,18-/m0/s1. The quantitative estimate of drug-likeness (QED) is 0.516. The monoisotopic (exact) mass is 452 g/mol. The van der Waals surface area contributed by atoms with E-state index in [1.807, 2.05) is 24.3 Å². The number of rotatable bonds is 5. The van der Waals surface area contributed by atoms with Gasteiger partial charge in [-0.15, -0.1) is 0 Å².